The summed E-state index contributed by atoms with van der Waals surface area (Å²) in [4.78, 5) is 29.3. The standard InChI is InChI=1S/C27H30ClF2N3O7S/c1-2-39-26(35)27-8-7-19(15-32(17-27)24(34)16-31-9-11-38-12-10-31)33(27)41(36,37)21-13-22(29)25(23(30)14-21)40-20-5-3-18(28)4-6-20/h3-6,13-14,19H,2,7-12,15-17H2,1H3. The van der Waals surface area contributed by atoms with Crippen molar-refractivity contribution in [2.45, 2.75) is 36.2 Å². The number of fused-ring (bicyclic) bond motifs is 2. The third-order valence-electron chi connectivity index (χ3n) is 7.56. The molecule has 3 saturated heterocycles. The van der Waals surface area contributed by atoms with Crippen LogP contribution in [0.3, 0.4) is 0 Å². The molecule has 0 spiro atoms. The molecule has 3 aliphatic rings. The summed E-state index contributed by atoms with van der Waals surface area (Å²) in [5.74, 6) is -4.22. The van der Waals surface area contributed by atoms with Gasteiger partial charge < -0.3 is 19.1 Å². The number of hydrogen-bond donors (Lipinski definition) is 0. The minimum absolute atomic E-state index is 0.0130. The van der Waals surface area contributed by atoms with Gasteiger partial charge in [0.2, 0.25) is 15.9 Å². The summed E-state index contributed by atoms with van der Waals surface area (Å²) in [7, 11) is -4.62. The Morgan fingerprint density at radius 2 is 1.78 bits per heavy atom. The van der Waals surface area contributed by atoms with E-state index in [9.17, 15) is 18.0 Å². The van der Waals surface area contributed by atoms with Crippen LogP contribution in [0, 0.1) is 11.6 Å². The number of hydrogen-bond acceptors (Lipinski definition) is 8. The molecule has 5 rings (SSSR count). The summed E-state index contributed by atoms with van der Waals surface area (Å²) in [5, 5.41) is 0.396. The fourth-order valence-electron chi connectivity index (χ4n) is 5.64. The fraction of sp³-hybridized carbons (Fsp3) is 0.481. The van der Waals surface area contributed by atoms with Gasteiger partial charge in [0.15, 0.2) is 22.9 Å². The lowest BCUT2D eigenvalue weighted by Gasteiger charge is -2.46. The van der Waals surface area contributed by atoms with Gasteiger partial charge in [-0.25, -0.2) is 22.0 Å². The normalized spacial score (nSPS) is 23.4. The number of carbonyl (C=O) groups excluding carboxylic acids is 2. The SMILES string of the molecule is CCOC(=O)C12CCC(CN(C(=O)CN3CCOCC3)C1)N2S(=O)(=O)c1cc(F)c(Oc2ccc(Cl)cc2)c(F)c1. The molecule has 2 unspecified atom stereocenters. The van der Waals surface area contributed by atoms with Crippen LogP contribution in [0.4, 0.5) is 8.78 Å². The number of carbonyl (C=O) groups is 2. The monoisotopic (exact) mass is 613 g/mol. The van der Waals surface area contributed by atoms with Crippen LogP contribution in [0.15, 0.2) is 41.3 Å². The Hall–Kier alpha value is -2.84. The predicted octanol–water partition coefficient (Wildman–Crippen LogP) is 3.04. The zero-order valence-electron chi connectivity index (χ0n) is 22.4. The topological polar surface area (TPSA) is 106 Å². The average molecular weight is 614 g/mol. The molecule has 2 atom stereocenters. The van der Waals surface area contributed by atoms with Crippen molar-refractivity contribution in [1.82, 2.24) is 14.1 Å². The molecular weight excluding hydrogens is 584 g/mol. The van der Waals surface area contributed by atoms with Gasteiger partial charge in [-0.15, -0.1) is 0 Å². The number of halogens is 3. The van der Waals surface area contributed by atoms with Gasteiger partial charge in [0, 0.05) is 30.7 Å². The number of sulfonamides is 1. The number of piperazine rings is 1. The van der Waals surface area contributed by atoms with Gasteiger partial charge in [0.25, 0.3) is 0 Å². The maximum Gasteiger partial charge on any atom is 0.329 e. The van der Waals surface area contributed by atoms with Crippen LogP contribution in [0.1, 0.15) is 19.8 Å². The van der Waals surface area contributed by atoms with Gasteiger partial charge in [-0.05, 0) is 56.2 Å². The molecular formula is C27H30ClF2N3O7S. The molecule has 3 aliphatic heterocycles. The zero-order chi connectivity index (χ0) is 29.4. The number of morpholine rings is 1. The summed E-state index contributed by atoms with van der Waals surface area (Å²) in [6, 6.07) is 6.31. The van der Waals surface area contributed by atoms with Crippen molar-refractivity contribution >= 4 is 33.5 Å². The van der Waals surface area contributed by atoms with Crippen LogP contribution >= 0.6 is 11.6 Å². The van der Waals surface area contributed by atoms with Gasteiger partial charge in [-0.1, -0.05) is 11.6 Å². The zero-order valence-corrected chi connectivity index (χ0v) is 23.9. The van der Waals surface area contributed by atoms with Crippen molar-refractivity contribution in [3.63, 3.8) is 0 Å². The number of benzene rings is 2. The Morgan fingerprint density at radius 1 is 1.12 bits per heavy atom. The second kappa shape index (κ2) is 11.8. The molecule has 0 saturated carbocycles. The maximum absolute atomic E-state index is 15.1. The first-order chi connectivity index (χ1) is 19.5. The highest BCUT2D eigenvalue weighted by molar-refractivity contribution is 7.89. The van der Waals surface area contributed by atoms with E-state index in [-0.39, 0.29) is 50.7 Å². The van der Waals surface area contributed by atoms with Gasteiger partial charge >= 0.3 is 5.97 Å². The number of nitrogens with zero attached hydrogens (tertiary/aromatic N) is 3. The number of esters is 1. The minimum atomic E-state index is -4.62. The number of rotatable bonds is 8. The smallest absolute Gasteiger partial charge is 0.329 e. The van der Waals surface area contributed by atoms with E-state index in [1.54, 1.807) is 6.92 Å². The molecule has 222 valence electrons. The molecule has 0 radical (unpaired) electrons. The Kier molecular flexibility index (Phi) is 8.53. The Bertz CT molecular complexity index is 1400. The van der Waals surface area contributed by atoms with Crippen molar-refractivity contribution in [2.24, 2.45) is 0 Å². The molecule has 3 fully saturated rings. The first-order valence-electron chi connectivity index (χ1n) is 13.3. The molecule has 2 bridgehead atoms. The Balaban J connectivity index is 1.44. The highest BCUT2D eigenvalue weighted by Crippen LogP contribution is 2.44. The molecule has 0 aromatic heterocycles. The van der Waals surface area contributed by atoms with Crippen LogP contribution in [0.5, 0.6) is 11.5 Å². The van der Waals surface area contributed by atoms with Crippen molar-refractivity contribution in [2.75, 3.05) is 52.5 Å². The summed E-state index contributed by atoms with van der Waals surface area (Å²) in [6.07, 6.45) is 0.363. The number of amides is 1. The lowest BCUT2D eigenvalue weighted by Crippen LogP contribution is -2.68. The Labute approximate surface area is 241 Å². The van der Waals surface area contributed by atoms with E-state index in [2.05, 4.69) is 0 Å². The first-order valence-corrected chi connectivity index (χ1v) is 15.1. The molecule has 0 aliphatic carbocycles. The van der Waals surface area contributed by atoms with Crippen LogP contribution in [0.25, 0.3) is 0 Å². The van der Waals surface area contributed by atoms with E-state index in [4.69, 9.17) is 25.8 Å². The van der Waals surface area contributed by atoms with Crippen molar-refractivity contribution < 1.29 is 41.0 Å². The van der Waals surface area contributed by atoms with E-state index >= 15 is 8.78 Å². The van der Waals surface area contributed by atoms with Gasteiger partial charge in [0.1, 0.15) is 5.75 Å². The van der Waals surface area contributed by atoms with Crippen LogP contribution in [-0.2, 0) is 29.1 Å². The van der Waals surface area contributed by atoms with Gasteiger partial charge in [-0.3, -0.25) is 9.69 Å². The number of ether oxygens (including phenoxy) is 3. The van der Waals surface area contributed by atoms with Crippen LogP contribution in [0.2, 0.25) is 5.02 Å². The highest BCUT2D eigenvalue weighted by Gasteiger charge is 2.62. The van der Waals surface area contributed by atoms with E-state index < -0.39 is 49.9 Å². The van der Waals surface area contributed by atoms with Gasteiger partial charge in [0.05, 0.1) is 37.8 Å². The van der Waals surface area contributed by atoms with Crippen LogP contribution in [-0.4, -0.2) is 98.5 Å². The first kappa shape index (κ1) is 29.6. The van der Waals surface area contributed by atoms with E-state index in [1.165, 1.54) is 29.2 Å². The maximum atomic E-state index is 15.1. The second-order valence-corrected chi connectivity index (χ2v) is 12.4. The summed E-state index contributed by atoms with van der Waals surface area (Å²) in [5.41, 5.74) is -1.73. The van der Waals surface area contributed by atoms with Crippen LogP contribution < -0.4 is 4.74 Å². The van der Waals surface area contributed by atoms with E-state index in [0.29, 0.717) is 43.5 Å². The summed E-state index contributed by atoms with van der Waals surface area (Å²) >= 11 is 5.84. The molecule has 1 amide bonds. The van der Waals surface area contributed by atoms with Crippen molar-refractivity contribution in [3.05, 3.63) is 53.1 Å². The molecule has 14 heteroatoms. The summed E-state index contributed by atoms with van der Waals surface area (Å²) in [6.45, 7) is 3.67. The average Bonchev–Trinajstić information content (AvgIpc) is 3.20. The largest absolute Gasteiger partial charge is 0.465 e. The summed E-state index contributed by atoms with van der Waals surface area (Å²) < 4.78 is 75.1. The predicted molar refractivity (Wildman–Crippen MR) is 143 cm³/mol. The third-order valence-corrected chi connectivity index (χ3v) is 9.81. The molecule has 2 aromatic carbocycles. The lowest BCUT2D eigenvalue weighted by molar-refractivity contribution is -0.159. The van der Waals surface area contributed by atoms with E-state index in [0.717, 1.165) is 4.31 Å². The van der Waals surface area contributed by atoms with Crippen molar-refractivity contribution in [3.8, 4) is 11.5 Å². The second-order valence-electron chi connectivity index (χ2n) is 10.2. The third kappa shape index (κ3) is 5.78. The lowest BCUT2D eigenvalue weighted by atomic mass is 9.97. The fourth-order valence-corrected chi connectivity index (χ4v) is 7.74. The quantitative estimate of drug-likeness (QED) is 0.419. The van der Waals surface area contributed by atoms with Crippen molar-refractivity contribution in [1.29, 1.82) is 0 Å². The number of likely N-dealkylation sites (tertiary alicyclic amines) is 1. The molecule has 2 aromatic rings. The molecule has 10 nitrogen and oxygen atoms in total. The molecule has 0 N–H and O–H groups in total. The van der Waals surface area contributed by atoms with E-state index in [1.807, 2.05) is 4.90 Å². The molecule has 41 heavy (non-hydrogen) atoms. The minimum Gasteiger partial charge on any atom is -0.465 e. The molecule has 3 heterocycles. The Morgan fingerprint density at radius 3 is 2.41 bits per heavy atom. The van der Waals surface area contributed by atoms with Gasteiger partial charge in [-0.2, -0.15) is 4.31 Å². The highest BCUT2D eigenvalue weighted by atomic mass is 35.5.